The first-order valence-corrected chi connectivity index (χ1v) is 5.57. The molecule has 5 heteroatoms. The van der Waals surface area contributed by atoms with Crippen molar-refractivity contribution < 1.29 is 0 Å². The summed E-state index contributed by atoms with van der Waals surface area (Å²) in [5.41, 5.74) is 0. The first-order chi connectivity index (χ1) is 7.72. The molecule has 0 spiro atoms. The fraction of sp³-hybridized carbons (Fsp3) is 0.636. The maximum Gasteiger partial charge on any atom is 0.144 e. The Labute approximate surface area is 97.3 Å². The molecule has 0 saturated heterocycles. The highest BCUT2D eigenvalue weighted by Crippen LogP contribution is 2.01. The van der Waals surface area contributed by atoms with Gasteiger partial charge in [-0.15, -0.1) is 0 Å². The van der Waals surface area contributed by atoms with E-state index in [1.807, 2.05) is 13.1 Å². The summed E-state index contributed by atoms with van der Waals surface area (Å²) in [6.45, 7) is 2.73. The lowest BCUT2D eigenvalue weighted by atomic mass is 10.4. The maximum absolute atomic E-state index is 4.38. The SMILES string of the molecule is CNCc1nccc(NCCCN(C)C)n1. The zero-order valence-electron chi connectivity index (χ0n) is 10.3. The van der Waals surface area contributed by atoms with Crippen LogP contribution >= 0.6 is 0 Å². The Morgan fingerprint density at radius 1 is 1.38 bits per heavy atom. The normalized spacial score (nSPS) is 10.8. The van der Waals surface area contributed by atoms with Gasteiger partial charge in [0.15, 0.2) is 0 Å². The standard InChI is InChI=1S/C11H21N5/c1-12-9-11-14-7-5-10(15-11)13-6-4-8-16(2)3/h5,7,12H,4,6,8-9H2,1-3H3,(H,13,14,15). The van der Waals surface area contributed by atoms with Gasteiger partial charge in [-0.1, -0.05) is 0 Å². The van der Waals surface area contributed by atoms with Crippen LogP contribution in [-0.4, -0.2) is 49.1 Å². The smallest absolute Gasteiger partial charge is 0.144 e. The fourth-order valence-electron chi connectivity index (χ4n) is 1.35. The molecule has 0 amide bonds. The van der Waals surface area contributed by atoms with Gasteiger partial charge in [0.25, 0.3) is 0 Å². The third-order valence-corrected chi connectivity index (χ3v) is 2.13. The summed E-state index contributed by atoms with van der Waals surface area (Å²) in [5.74, 6) is 1.72. The highest BCUT2D eigenvalue weighted by molar-refractivity contribution is 5.32. The minimum Gasteiger partial charge on any atom is -0.370 e. The van der Waals surface area contributed by atoms with E-state index < -0.39 is 0 Å². The zero-order chi connectivity index (χ0) is 11.8. The van der Waals surface area contributed by atoms with Gasteiger partial charge in [-0.25, -0.2) is 9.97 Å². The molecule has 90 valence electrons. The second kappa shape index (κ2) is 7.14. The van der Waals surface area contributed by atoms with Crippen molar-refractivity contribution in [3.05, 3.63) is 18.1 Å². The van der Waals surface area contributed by atoms with Gasteiger partial charge < -0.3 is 15.5 Å². The van der Waals surface area contributed by atoms with Crippen molar-refractivity contribution >= 4 is 5.82 Å². The van der Waals surface area contributed by atoms with Crippen LogP contribution in [0.4, 0.5) is 5.82 Å². The van der Waals surface area contributed by atoms with Crippen molar-refractivity contribution in [2.24, 2.45) is 0 Å². The molecule has 0 fully saturated rings. The van der Waals surface area contributed by atoms with E-state index in [-0.39, 0.29) is 0 Å². The van der Waals surface area contributed by atoms with Crippen LogP contribution in [-0.2, 0) is 6.54 Å². The lowest BCUT2D eigenvalue weighted by Crippen LogP contribution is -2.17. The summed E-state index contributed by atoms with van der Waals surface area (Å²) in [7, 11) is 6.05. The quantitative estimate of drug-likeness (QED) is 0.662. The molecule has 2 N–H and O–H groups in total. The van der Waals surface area contributed by atoms with Crippen LogP contribution in [0.2, 0.25) is 0 Å². The molecule has 0 unspecified atom stereocenters. The molecule has 0 aliphatic rings. The third kappa shape index (κ3) is 5.04. The Bertz CT molecular complexity index is 300. The predicted octanol–water partition coefficient (Wildman–Crippen LogP) is 0.560. The van der Waals surface area contributed by atoms with E-state index in [2.05, 4.69) is 39.6 Å². The summed E-state index contributed by atoms with van der Waals surface area (Å²) in [6.07, 6.45) is 2.90. The fourth-order valence-corrected chi connectivity index (χ4v) is 1.35. The van der Waals surface area contributed by atoms with E-state index in [0.717, 1.165) is 31.2 Å². The highest BCUT2D eigenvalue weighted by atomic mass is 15.1. The molecular formula is C11H21N5. The number of anilines is 1. The molecule has 0 aromatic carbocycles. The molecule has 1 heterocycles. The first-order valence-electron chi connectivity index (χ1n) is 5.57. The number of rotatable bonds is 7. The Hall–Kier alpha value is -1.20. The van der Waals surface area contributed by atoms with Gasteiger partial charge in [-0.05, 0) is 40.2 Å². The molecule has 0 radical (unpaired) electrons. The van der Waals surface area contributed by atoms with Crippen LogP contribution in [0.3, 0.4) is 0 Å². The van der Waals surface area contributed by atoms with Crippen molar-refractivity contribution in [3.63, 3.8) is 0 Å². The summed E-state index contributed by atoms with van der Waals surface area (Å²) >= 11 is 0. The summed E-state index contributed by atoms with van der Waals surface area (Å²) < 4.78 is 0. The van der Waals surface area contributed by atoms with Gasteiger partial charge in [0, 0.05) is 12.7 Å². The highest BCUT2D eigenvalue weighted by Gasteiger charge is 1.97. The number of nitrogens with one attached hydrogen (secondary N) is 2. The molecule has 0 bridgehead atoms. The largest absolute Gasteiger partial charge is 0.370 e. The molecule has 1 aromatic heterocycles. The van der Waals surface area contributed by atoms with E-state index >= 15 is 0 Å². The topological polar surface area (TPSA) is 53.1 Å². The Kier molecular flexibility index (Phi) is 5.74. The van der Waals surface area contributed by atoms with Crippen LogP contribution in [0.5, 0.6) is 0 Å². The third-order valence-electron chi connectivity index (χ3n) is 2.13. The minimum absolute atomic E-state index is 0.702. The van der Waals surface area contributed by atoms with Crippen molar-refractivity contribution in [1.82, 2.24) is 20.2 Å². The number of hydrogen-bond acceptors (Lipinski definition) is 5. The van der Waals surface area contributed by atoms with Crippen LogP contribution in [0.15, 0.2) is 12.3 Å². The number of hydrogen-bond donors (Lipinski definition) is 2. The van der Waals surface area contributed by atoms with Gasteiger partial charge in [-0.3, -0.25) is 0 Å². The van der Waals surface area contributed by atoms with Crippen molar-refractivity contribution in [1.29, 1.82) is 0 Å². The van der Waals surface area contributed by atoms with Gasteiger partial charge in [0.1, 0.15) is 11.6 Å². The summed E-state index contributed by atoms with van der Waals surface area (Å²) in [5, 5.41) is 6.33. The minimum atomic E-state index is 0.702. The van der Waals surface area contributed by atoms with Gasteiger partial charge >= 0.3 is 0 Å². The summed E-state index contributed by atoms with van der Waals surface area (Å²) in [6, 6.07) is 1.90. The number of nitrogens with zero attached hydrogens (tertiary/aromatic N) is 3. The molecule has 0 aliphatic carbocycles. The number of aromatic nitrogens is 2. The lowest BCUT2D eigenvalue weighted by Gasteiger charge is -2.10. The molecule has 0 atom stereocenters. The van der Waals surface area contributed by atoms with Gasteiger partial charge in [0.2, 0.25) is 0 Å². The molecule has 1 aromatic rings. The summed E-state index contributed by atoms with van der Waals surface area (Å²) in [4.78, 5) is 10.7. The Balaban J connectivity index is 2.33. The van der Waals surface area contributed by atoms with Crippen molar-refractivity contribution in [3.8, 4) is 0 Å². The van der Waals surface area contributed by atoms with E-state index in [4.69, 9.17) is 0 Å². The zero-order valence-corrected chi connectivity index (χ0v) is 10.3. The molecule has 0 saturated carbocycles. The van der Waals surface area contributed by atoms with Gasteiger partial charge in [0.05, 0.1) is 6.54 Å². The van der Waals surface area contributed by atoms with Crippen molar-refractivity contribution in [2.45, 2.75) is 13.0 Å². The van der Waals surface area contributed by atoms with Crippen molar-refractivity contribution in [2.75, 3.05) is 39.5 Å². The predicted molar refractivity (Wildman–Crippen MR) is 66.5 cm³/mol. The monoisotopic (exact) mass is 223 g/mol. The average Bonchev–Trinajstić information content (AvgIpc) is 2.25. The van der Waals surface area contributed by atoms with Crippen LogP contribution in [0, 0.1) is 0 Å². The first kappa shape index (κ1) is 12.9. The Morgan fingerprint density at radius 3 is 2.88 bits per heavy atom. The lowest BCUT2D eigenvalue weighted by molar-refractivity contribution is 0.405. The second-order valence-electron chi connectivity index (χ2n) is 3.97. The maximum atomic E-state index is 4.38. The van der Waals surface area contributed by atoms with Crippen LogP contribution < -0.4 is 10.6 Å². The molecule has 0 aliphatic heterocycles. The Morgan fingerprint density at radius 2 is 2.19 bits per heavy atom. The van der Waals surface area contributed by atoms with Crippen LogP contribution in [0.25, 0.3) is 0 Å². The molecular weight excluding hydrogens is 202 g/mol. The molecule has 1 rings (SSSR count). The molecule has 16 heavy (non-hydrogen) atoms. The van der Waals surface area contributed by atoms with E-state index in [0.29, 0.717) is 6.54 Å². The molecule has 5 nitrogen and oxygen atoms in total. The van der Waals surface area contributed by atoms with E-state index in [1.165, 1.54) is 0 Å². The van der Waals surface area contributed by atoms with Crippen LogP contribution in [0.1, 0.15) is 12.2 Å². The van der Waals surface area contributed by atoms with E-state index in [9.17, 15) is 0 Å². The van der Waals surface area contributed by atoms with E-state index in [1.54, 1.807) is 6.20 Å². The average molecular weight is 223 g/mol. The van der Waals surface area contributed by atoms with Gasteiger partial charge in [-0.2, -0.15) is 0 Å². The second-order valence-corrected chi connectivity index (χ2v) is 3.97.